The first-order valence-electron chi connectivity index (χ1n) is 12.3. The van der Waals surface area contributed by atoms with Crippen molar-refractivity contribution in [2.24, 2.45) is 11.8 Å². The zero-order chi connectivity index (χ0) is 23.0. The number of anilines is 1. The van der Waals surface area contributed by atoms with E-state index in [0.29, 0.717) is 24.0 Å². The fourth-order valence-electron chi connectivity index (χ4n) is 5.49. The van der Waals surface area contributed by atoms with Crippen molar-refractivity contribution >= 4 is 11.8 Å². The maximum atomic E-state index is 12.5. The molecular formula is C28H35N3O2. The van der Waals surface area contributed by atoms with E-state index in [2.05, 4.69) is 34.5 Å². The van der Waals surface area contributed by atoms with Gasteiger partial charge in [-0.3, -0.25) is 0 Å². The van der Waals surface area contributed by atoms with Crippen molar-refractivity contribution in [1.82, 2.24) is 5.32 Å². The van der Waals surface area contributed by atoms with Gasteiger partial charge >= 0.3 is 6.09 Å². The summed E-state index contributed by atoms with van der Waals surface area (Å²) in [4.78, 5) is 15.0. The molecule has 174 valence electrons. The number of aryl methyl sites for hydroxylation is 1. The lowest BCUT2D eigenvalue weighted by Gasteiger charge is -2.39. The van der Waals surface area contributed by atoms with Crippen LogP contribution in [0.1, 0.15) is 61.6 Å². The molecule has 1 N–H and O–H groups in total. The lowest BCUT2D eigenvalue weighted by molar-refractivity contribution is 0.122. The van der Waals surface area contributed by atoms with Gasteiger partial charge in [-0.2, -0.15) is 5.26 Å². The molecule has 1 heterocycles. The largest absolute Gasteiger partial charge is 0.445 e. The van der Waals surface area contributed by atoms with E-state index in [9.17, 15) is 4.79 Å². The highest BCUT2D eigenvalue weighted by Crippen LogP contribution is 2.34. The van der Waals surface area contributed by atoms with Crippen LogP contribution in [0.3, 0.4) is 0 Å². The summed E-state index contributed by atoms with van der Waals surface area (Å²) in [5, 5.41) is 12.2. The Bertz CT molecular complexity index is 966. The Morgan fingerprint density at radius 3 is 2.73 bits per heavy atom. The van der Waals surface area contributed by atoms with Crippen molar-refractivity contribution in [1.29, 1.82) is 5.26 Å². The standard InChI is InChI=1S/C28H35N3O2/c1-21-6-4-7-24(16-21)20-33-28(32)30-27-10-3-2-9-25(27)17-23-8-5-15-31(19-23)26-13-11-22(18-29)12-14-26/h4,6-7,11-14,16,23,25,27H,2-3,5,8-10,15,17,19-20H2,1H3,(H,30,32)/t23-,25+,27-/m1/s1. The average molecular weight is 446 g/mol. The number of nitrogens with one attached hydrogen (secondary N) is 1. The molecule has 1 saturated carbocycles. The van der Waals surface area contributed by atoms with E-state index in [1.807, 2.05) is 37.3 Å². The lowest BCUT2D eigenvalue weighted by atomic mass is 9.77. The monoisotopic (exact) mass is 445 g/mol. The summed E-state index contributed by atoms with van der Waals surface area (Å²) in [5.41, 5.74) is 4.11. The Labute approximate surface area is 197 Å². The third-order valence-electron chi connectivity index (χ3n) is 7.18. The Balaban J connectivity index is 1.30. The highest BCUT2D eigenvalue weighted by atomic mass is 16.5. The first-order valence-corrected chi connectivity index (χ1v) is 12.3. The lowest BCUT2D eigenvalue weighted by Crippen LogP contribution is -2.44. The average Bonchev–Trinajstić information content (AvgIpc) is 2.84. The molecule has 0 bridgehead atoms. The Morgan fingerprint density at radius 1 is 1.12 bits per heavy atom. The topological polar surface area (TPSA) is 65.4 Å². The van der Waals surface area contributed by atoms with Crippen molar-refractivity contribution in [2.75, 3.05) is 18.0 Å². The van der Waals surface area contributed by atoms with Crippen LogP contribution in [0.15, 0.2) is 48.5 Å². The summed E-state index contributed by atoms with van der Waals surface area (Å²) < 4.78 is 5.54. The predicted octanol–water partition coefficient (Wildman–Crippen LogP) is 5.96. The molecule has 2 aromatic rings. The molecule has 1 saturated heterocycles. The summed E-state index contributed by atoms with van der Waals surface area (Å²) in [5.74, 6) is 1.14. The quantitative estimate of drug-likeness (QED) is 0.596. The highest BCUT2D eigenvalue weighted by molar-refractivity contribution is 5.67. The number of benzene rings is 2. The summed E-state index contributed by atoms with van der Waals surface area (Å²) in [6, 6.07) is 18.4. The Morgan fingerprint density at radius 2 is 1.94 bits per heavy atom. The van der Waals surface area contributed by atoms with Gasteiger partial charge in [-0.15, -0.1) is 0 Å². The van der Waals surface area contributed by atoms with Gasteiger partial charge in [0.2, 0.25) is 0 Å². The van der Waals surface area contributed by atoms with E-state index in [1.54, 1.807) is 0 Å². The van der Waals surface area contributed by atoms with E-state index in [-0.39, 0.29) is 12.1 Å². The van der Waals surface area contributed by atoms with Gasteiger partial charge in [0.25, 0.3) is 0 Å². The van der Waals surface area contributed by atoms with Crippen LogP contribution in [-0.4, -0.2) is 25.2 Å². The maximum absolute atomic E-state index is 12.5. The van der Waals surface area contributed by atoms with E-state index >= 15 is 0 Å². The van der Waals surface area contributed by atoms with Crippen LogP contribution in [-0.2, 0) is 11.3 Å². The molecule has 0 aromatic heterocycles. The Kier molecular flexibility index (Phi) is 7.88. The van der Waals surface area contributed by atoms with Gasteiger partial charge in [0.1, 0.15) is 6.61 Å². The summed E-state index contributed by atoms with van der Waals surface area (Å²) >= 11 is 0. The summed E-state index contributed by atoms with van der Waals surface area (Å²) in [6.45, 7) is 4.48. The number of carbonyl (C=O) groups excluding carboxylic acids is 1. The Hall–Kier alpha value is -3.00. The van der Waals surface area contributed by atoms with E-state index in [1.165, 1.54) is 43.4 Å². The zero-order valence-electron chi connectivity index (χ0n) is 19.6. The second-order valence-corrected chi connectivity index (χ2v) is 9.71. The minimum atomic E-state index is -0.295. The third kappa shape index (κ3) is 6.51. The van der Waals surface area contributed by atoms with Gasteiger partial charge in [0.05, 0.1) is 11.6 Å². The van der Waals surface area contributed by atoms with E-state index < -0.39 is 0 Å². The van der Waals surface area contributed by atoms with Crippen molar-refractivity contribution in [3.63, 3.8) is 0 Å². The van der Waals surface area contributed by atoms with Crippen molar-refractivity contribution in [3.05, 3.63) is 65.2 Å². The van der Waals surface area contributed by atoms with Crippen molar-refractivity contribution in [2.45, 2.75) is 64.5 Å². The first kappa shape index (κ1) is 23.2. The fraction of sp³-hybridized carbons (Fsp3) is 0.500. The molecule has 2 aliphatic rings. The zero-order valence-corrected chi connectivity index (χ0v) is 19.6. The fourth-order valence-corrected chi connectivity index (χ4v) is 5.49. The first-order chi connectivity index (χ1) is 16.1. The number of piperidine rings is 1. The van der Waals surface area contributed by atoms with Gasteiger partial charge in [-0.1, -0.05) is 42.7 Å². The van der Waals surface area contributed by atoms with Crippen LogP contribution in [0, 0.1) is 30.1 Å². The molecular weight excluding hydrogens is 410 g/mol. The van der Waals surface area contributed by atoms with Crippen LogP contribution in [0.25, 0.3) is 0 Å². The smallest absolute Gasteiger partial charge is 0.407 e. The highest BCUT2D eigenvalue weighted by Gasteiger charge is 2.31. The number of nitriles is 1. The van der Waals surface area contributed by atoms with Gasteiger partial charge < -0.3 is 15.0 Å². The number of alkyl carbamates (subject to hydrolysis) is 1. The van der Waals surface area contributed by atoms with Crippen LogP contribution in [0.5, 0.6) is 0 Å². The molecule has 1 aliphatic carbocycles. The molecule has 1 aliphatic heterocycles. The second kappa shape index (κ2) is 11.2. The minimum absolute atomic E-state index is 0.203. The molecule has 3 atom stereocenters. The SMILES string of the molecule is Cc1cccc(COC(=O)N[C@@H]2CCCC[C@H]2C[C@H]2CCCN(c3ccc(C#N)cc3)C2)c1. The van der Waals surface area contributed by atoms with Gasteiger partial charge in [0, 0.05) is 24.8 Å². The molecule has 4 rings (SSSR count). The van der Waals surface area contributed by atoms with Crippen LogP contribution in [0.4, 0.5) is 10.5 Å². The number of amides is 1. The third-order valence-corrected chi connectivity index (χ3v) is 7.18. The minimum Gasteiger partial charge on any atom is -0.445 e. The molecule has 2 aromatic carbocycles. The summed E-state index contributed by atoms with van der Waals surface area (Å²) in [7, 11) is 0. The van der Waals surface area contributed by atoms with Crippen molar-refractivity contribution < 1.29 is 9.53 Å². The number of hydrogen-bond donors (Lipinski definition) is 1. The van der Waals surface area contributed by atoms with Gasteiger partial charge in [-0.05, 0) is 80.7 Å². The molecule has 0 radical (unpaired) electrons. The second-order valence-electron chi connectivity index (χ2n) is 9.71. The number of rotatable bonds is 6. The normalized spacial score (nSPS) is 22.9. The molecule has 33 heavy (non-hydrogen) atoms. The molecule has 1 amide bonds. The van der Waals surface area contributed by atoms with Crippen molar-refractivity contribution in [3.8, 4) is 6.07 Å². The molecule has 0 unspecified atom stereocenters. The molecule has 5 heteroatoms. The van der Waals surface area contributed by atoms with Gasteiger partial charge in [-0.25, -0.2) is 4.79 Å². The van der Waals surface area contributed by atoms with Crippen LogP contribution >= 0.6 is 0 Å². The number of ether oxygens (including phenoxy) is 1. The number of carbonyl (C=O) groups is 1. The molecule has 2 fully saturated rings. The van der Waals surface area contributed by atoms with E-state index in [4.69, 9.17) is 10.00 Å². The number of hydrogen-bond acceptors (Lipinski definition) is 4. The van der Waals surface area contributed by atoms with Gasteiger partial charge in [0.15, 0.2) is 0 Å². The van der Waals surface area contributed by atoms with Crippen LogP contribution in [0.2, 0.25) is 0 Å². The summed E-state index contributed by atoms with van der Waals surface area (Å²) in [6.07, 6.45) is 7.91. The maximum Gasteiger partial charge on any atom is 0.407 e. The molecule has 0 spiro atoms. The van der Waals surface area contributed by atoms with E-state index in [0.717, 1.165) is 31.5 Å². The predicted molar refractivity (Wildman–Crippen MR) is 131 cm³/mol. The van der Waals surface area contributed by atoms with Crippen LogP contribution < -0.4 is 10.2 Å². The molecule has 5 nitrogen and oxygen atoms in total. The number of nitrogens with zero attached hydrogens (tertiary/aromatic N) is 2.